The Balaban J connectivity index is 1.61. The number of thiocarbonyl (C=S) groups is 1. The number of oxime groups is 1. The van der Waals surface area contributed by atoms with E-state index in [0.717, 1.165) is 0 Å². The maximum atomic E-state index is 14.8. The Labute approximate surface area is 173 Å². The van der Waals surface area contributed by atoms with Crippen molar-refractivity contribution in [2.24, 2.45) is 10.9 Å². The number of rotatable bonds is 6. The second kappa shape index (κ2) is 9.23. The molecular formula is C18H25FN6O3S. The van der Waals surface area contributed by atoms with Crippen molar-refractivity contribution >= 4 is 40.5 Å². The van der Waals surface area contributed by atoms with Gasteiger partial charge in [-0.05, 0) is 25.1 Å². The van der Waals surface area contributed by atoms with Gasteiger partial charge in [0.2, 0.25) is 0 Å². The molecule has 158 valence electrons. The van der Waals surface area contributed by atoms with Gasteiger partial charge >= 0.3 is 6.09 Å². The summed E-state index contributed by atoms with van der Waals surface area (Å²) in [6.45, 7) is 5.46. The minimum atomic E-state index is -0.497. The maximum Gasteiger partial charge on any atom is 0.414 e. The number of piperazine rings is 1. The summed E-state index contributed by atoms with van der Waals surface area (Å²) >= 11 is 4.96. The van der Waals surface area contributed by atoms with E-state index < -0.39 is 11.9 Å². The van der Waals surface area contributed by atoms with Gasteiger partial charge in [0.1, 0.15) is 11.9 Å². The molecule has 1 aromatic rings. The Kier molecular flexibility index (Phi) is 6.70. The molecule has 1 atom stereocenters. The minimum Gasteiger partial charge on any atom is -0.442 e. The van der Waals surface area contributed by atoms with Gasteiger partial charge in [0, 0.05) is 26.2 Å². The van der Waals surface area contributed by atoms with Crippen molar-refractivity contribution < 1.29 is 19.1 Å². The monoisotopic (exact) mass is 424 g/mol. The molecule has 2 fully saturated rings. The summed E-state index contributed by atoms with van der Waals surface area (Å²) in [7, 11) is 0. The predicted molar refractivity (Wildman–Crippen MR) is 112 cm³/mol. The SMILES string of the molecule is CC(=S)NC[C@H]1CN(c2ccc(N3CCN(CC(N)=NO)CC3)c(F)c2)C(=O)O1. The largest absolute Gasteiger partial charge is 0.442 e. The first kappa shape index (κ1) is 21.1. The van der Waals surface area contributed by atoms with Crippen molar-refractivity contribution in [2.45, 2.75) is 13.0 Å². The first-order valence-corrected chi connectivity index (χ1v) is 9.74. The number of carbonyl (C=O) groups is 1. The van der Waals surface area contributed by atoms with Crippen LogP contribution < -0.4 is 20.9 Å². The molecule has 1 aromatic carbocycles. The highest BCUT2D eigenvalue weighted by molar-refractivity contribution is 7.80. The number of nitrogens with zero attached hydrogens (tertiary/aromatic N) is 4. The topological polar surface area (TPSA) is 107 Å². The molecule has 0 bridgehead atoms. The van der Waals surface area contributed by atoms with Crippen LogP contribution in [-0.2, 0) is 4.74 Å². The molecule has 0 saturated carbocycles. The molecule has 2 aliphatic heterocycles. The number of amidine groups is 1. The molecule has 0 unspecified atom stereocenters. The quantitative estimate of drug-likeness (QED) is 0.204. The molecule has 4 N–H and O–H groups in total. The number of halogens is 1. The van der Waals surface area contributed by atoms with Gasteiger partial charge in [0.05, 0.1) is 36.0 Å². The van der Waals surface area contributed by atoms with Crippen LogP contribution in [0.3, 0.4) is 0 Å². The number of nitrogens with two attached hydrogens (primary N) is 1. The van der Waals surface area contributed by atoms with E-state index in [1.54, 1.807) is 19.1 Å². The number of hydrogen-bond acceptors (Lipinski definition) is 7. The second-order valence-corrected chi connectivity index (χ2v) is 7.66. The fraction of sp³-hybridized carbons (Fsp3) is 0.500. The highest BCUT2D eigenvalue weighted by atomic mass is 32.1. The lowest BCUT2D eigenvalue weighted by Crippen LogP contribution is -2.49. The fourth-order valence-corrected chi connectivity index (χ4v) is 3.51. The number of carbonyl (C=O) groups excluding carboxylic acids is 1. The van der Waals surface area contributed by atoms with E-state index in [9.17, 15) is 9.18 Å². The summed E-state index contributed by atoms with van der Waals surface area (Å²) in [5.74, 6) is -0.239. The van der Waals surface area contributed by atoms with Gasteiger partial charge < -0.3 is 25.9 Å². The Bertz CT molecular complexity index is 800. The van der Waals surface area contributed by atoms with E-state index in [2.05, 4.69) is 10.5 Å². The Hall–Kier alpha value is -2.66. The lowest BCUT2D eigenvalue weighted by Gasteiger charge is -2.36. The van der Waals surface area contributed by atoms with Crippen molar-refractivity contribution in [1.82, 2.24) is 10.2 Å². The molecule has 9 nitrogen and oxygen atoms in total. The number of ether oxygens (including phenoxy) is 1. The molecule has 0 aliphatic carbocycles. The summed E-state index contributed by atoms with van der Waals surface area (Å²) in [5.41, 5.74) is 6.48. The van der Waals surface area contributed by atoms with E-state index in [0.29, 0.717) is 62.2 Å². The molecule has 0 aromatic heterocycles. The van der Waals surface area contributed by atoms with Gasteiger partial charge in [-0.2, -0.15) is 0 Å². The second-order valence-electron chi connectivity index (χ2n) is 7.04. The highest BCUT2D eigenvalue weighted by Gasteiger charge is 2.33. The van der Waals surface area contributed by atoms with Crippen LogP contribution in [0.25, 0.3) is 0 Å². The molecule has 3 rings (SSSR count). The molecular weight excluding hydrogens is 399 g/mol. The lowest BCUT2D eigenvalue weighted by molar-refractivity contribution is 0.143. The summed E-state index contributed by atoms with van der Waals surface area (Å²) in [5, 5.41) is 14.6. The van der Waals surface area contributed by atoms with Crippen LogP contribution >= 0.6 is 12.2 Å². The average molecular weight is 425 g/mol. The van der Waals surface area contributed by atoms with Crippen molar-refractivity contribution in [2.75, 3.05) is 55.6 Å². The standard InChI is InChI=1S/C18H25FN6O3S/c1-12(29)21-9-14-10-25(18(26)28-14)13-2-3-16(15(19)8-13)24-6-4-23(5-7-24)11-17(20)22-27/h2-3,8,14,27H,4-7,9-11H2,1H3,(H2,20,22)(H,21,29)/t14-/m0/s1. The molecule has 2 heterocycles. The number of cyclic esters (lactones) is 1. The van der Waals surface area contributed by atoms with Crippen molar-refractivity contribution in [3.63, 3.8) is 0 Å². The molecule has 1 amide bonds. The predicted octanol–water partition coefficient (Wildman–Crippen LogP) is 0.956. The molecule has 2 aliphatic rings. The van der Waals surface area contributed by atoms with Crippen LogP contribution in [0.15, 0.2) is 23.4 Å². The molecule has 0 spiro atoms. The molecule has 2 saturated heterocycles. The summed E-state index contributed by atoms with van der Waals surface area (Å²) in [4.78, 5) is 18.2. The number of benzene rings is 1. The van der Waals surface area contributed by atoms with Crippen LogP contribution in [0, 0.1) is 5.82 Å². The van der Waals surface area contributed by atoms with Crippen molar-refractivity contribution in [1.29, 1.82) is 0 Å². The van der Waals surface area contributed by atoms with Crippen molar-refractivity contribution in [3.05, 3.63) is 24.0 Å². The van der Waals surface area contributed by atoms with E-state index in [1.807, 2.05) is 9.80 Å². The Morgan fingerprint density at radius 2 is 2.14 bits per heavy atom. The van der Waals surface area contributed by atoms with E-state index in [-0.39, 0.29) is 11.9 Å². The zero-order valence-corrected chi connectivity index (χ0v) is 17.0. The van der Waals surface area contributed by atoms with Gasteiger partial charge in [-0.1, -0.05) is 17.4 Å². The van der Waals surface area contributed by atoms with Gasteiger partial charge in [-0.25, -0.2) is 9.18 Å². The normalized spacial score (nSPS) is 20.7. The highest BCUT2D eigenvalue weighted by Crippen LogP contribution is 2.28. The van der Waals surface area contributed by atoms with Crippen LogP contribution in [0.4, 0.5) is 20.6 Å². The molecule has 11 heteroatoms. The maximum absolute atomic E-state index is 14.8. The molecule has 29 heavy (non-hydrogen) atoms. The average Bonchev–Trinajstić information content (AvgIpc) is 3.07. The van der Waals surface area contributed by atoms with Crippen LogP contribution in [0.2, 0.25) is 0 Å². The van der Waals surface area contributed by atoms with Crippen LogP contribution in [0.5, 0.6) is 0 Å². The van der Waals surface area contributed by atoms with E-state index >= 15 is 0 Å². The third-order valence-corrected chi connectivity index (χ3v) is 5.07. The van der Waals surface area contributed by atoms with Gasteiger partial charge in [-0.15, -0.1) is 0 Å². The molecule has 0 radical (unpaired) electrons. The van der Waals surface area contributed by atoms with Crippen LogP contribution in [-0.4, -0.2) is 78.9 Å². The smallest absolute Gasteiger partial charge is 0.414 e. The van der Waals surface area contributed by atoms with Gasteiger partial charge in [0.15, 0.2) is 5.84 Å². The Morgan fingerprint density at radius 3 is 2.76 bits per heavy atom. The fourth-order valence-electron chi connectivity index (χ4n) is 3.42. The number of anilines is 2. The Morgan fingerprint density at radius 1 is 1.41 bits per heavy atom. The van der Waals surface area contributed by atoms with Crippen molar-refractivity contribution in [3.8, 4) is 0 Å². The zero-order chi connectivity index (χ0) is 21.0. The third kappa shape index (κ3) is 5.24. The third-order valence-electron chi connectivity index (χ3n) is 4.92. The van der Waals surface area contributed by atoms with Gasteiger partial charge in [0.25, 0.3) is 0 Å². The van der Waals surface area contributed by atoms with E-state index in [4.69, 9.17) is 27.9 Å². The zero-order valence-electron chi connectivity index (χ0n) is 16.2. The summed E-state index contributed by atoms with van der Waals surface area (Å²) < 4.78 is 20.1. The first-order chi connectivity index (χ1) is 13.9. The number of hydrogen-bond donors (Lipinski definition) is 3. The minimum absolute atomic E-state index is 0.153. The van der Waals surface area contributed by atoms with Gasteiger partial charge in [-0.3, -0.25) is 9.80 Å². The van der Waals surface area contributed by atoms with Crippen LogP contribution in [0.1, 0.15) is 6.92 Å². The number of nitrogens with one attached hydrogen (secondary N) is 1. The van der Waals surface area contributed by atoms with E-state index in [1.165, 1.54) is 11.0 Å². The number of amides is 1. The summed E-state index contributed by atoms with van der Waals surface area (Å²) in [6.07, 6.45) is -0.839. The first-order valence-electron chi connectivity index (χ1n) is 9.33. The summed E-state index contributed by atoms with van der Waals surface area (Å²) in [6, 6.07) is 4.77. The lowest BCUT2D eigenvalue weighted by atomic mass is 10.2.